The van der Waals surface area contributed by atoms with Crippen molar-refractivity contribution in [2.45, 2.75) is 0 Å². The largest absolute Gasteiger partial charge is 0.476 e. The highest BCUT2D eigenvalue weighted by Gasteiger charge is 2.23. The quantitative estimate of drug-likeness (QED) is 0.461. The molecule has 1 rings (SSSR count). The van der Waals surface area contributed by atoms with E-state index in [4.69, 9.17) is 5.11 Å². The van der Waals surface area contributed by atoms with Gasteiger partial charge in [-0.15, -0.1) is 0 Å². The van der Waals surface area contributed by atoms with Gasteiger partial charge in [-0.1, -0.05) is 0 Å². The highest BCUT2D eigenvalue weighted by atomic mass is 16.4. The van der Waals surface area contributed by atoms with Gasteiger partial charge in [-0.2, -0.15) is 0 Å². The van der Waals surface area contributed by atoms with Gasteiger partial charge in [0.05, 0.1) is 7.05 Å². The first kappa shape index (κ1) is 7.08. The molecule has 1 aliphatic heterocycles. The molecule has 0 aromatic carbocycles. The lowest BCUT2D eigenvalue weighted by Crippen LogP contribution is -3.03. The number of carboxylic acid groups (broad SMARTS) is 1. The Hall–Kier alpha value is -1.03. The standard InChI is InChI=1S/C6H10N2O2/c1-7-3-5(6(9)10)8(2)4-7/h3H,4H2,1-2H3,(H,9,10)/p+1. The van der Waals surface area contributed by atoms with E-state index >= 15 is 0 Å². The molecule has 1 atom stereocenters. The molecule has 0 bridgehead atoms. The second kappa shape index (κ2) is 2.30. The van der Waals surface area contributed by atoms with Gasteiger partial charge >= 0.3 is 5.97 Å². The van der Waals surface area contributed by atoms with Crippen LogP contribution in [-0.4, -0.2) is 36.7 Å². The highest BCUT2D eigenvalue weighted by molar-refractivity contribution is 5.85. The maximum Gasteiger partial charge on any atom is 0.357 e. The van der Waals surface area contributed by atoms with Crippen LogP contribution in [0.25, 0.3) is 0 Å². The first-order valence-electron chi connectivity index (χ1n) is 3.10. The normalized spacial score (nSPS) is 24.8. The average molecular weight is 143 g/mol. The minimum absolute atomic E-state index is 0.387. The van der Waals surface area contributed by atoms with E-state index in [1.165, 1.54) is 0 Å². The van der Waals surface area contributed by atoms with Crippen LogP contribution in [0.2, 0.25) is 0 Å². The predicted molar refractivity (Wildman–Crippen MR) is 35.2 cm³/mol. The first-order chi connectivity index (χ1) is 4.61. The number of nitrogens with one attached hydrogen (secondary N) is 1. The molecular formula is C6H11N2O2+. The number of hydrogen-bond acceptors (Lipinski definition) is 2. The summed E-state index contributed by atoms with van der Waals surface area (Å²) in [5, 5.41) is 8.58. The third-order valence-electron chi connectivity index (χ3n) is 1.50. The summed E-state index contributed by atoms with van der Waals surface area (Å²) in [6.45, 7) is 0.738. The Kier molecular flexibility index (Phi) is 1.63. The van der Waals surface area contributed by atoms with Crippen molar-refractivity contribution in [3.63, 3.8) is 0 Å². The molecule has 0 fully saturated rings. The summed E-state index contributed by atoms with van der Waals surface area (Å²) >= 11 is 0. The number of hydrogen-bond donors (Lipinski definition) is 2. The van der Waals surface area contributed by atoms with Gasteiger partial charge in [0.1, 0.15) is 6.20 Å². The molecule has 4 heteroatoms. The summed E-state index contributed by atoms with van der Waals surface area (Å²) in [7, 11) is 3.70. The van der Waals surface area contributed by atoms with Gasteiger partial charge in [0.25, 0.3) is 0 Å². The Labute approximate surface area is 59.3 Å². The fourth-order valence-corrected chi connectivity index (χ4v) is 1.07. The van der Waals surface area contributed by atoms with E-state index in [2.05, 4.69) is 0 Å². The molecule has 0 aromatic heterocycles. The number of quaternary nitrogens is 1. The van der Waals surface area contributed by atoms with E-state index in [1.54, 1.807) is 18.1 Å². The molecule has 0 amide bonds. The van der Waals surface area contributed by atoms with E-state index in [0.717, 1.165) is 11.6 Å². The molecule has 4 nitrogen and oxygen atoms in total. The van der Waals surface area contributed by atoms with Gasteiger partial charge in [-0.3, -0.25) is 4.90 Å². The number of nitrogens with zero attached hydrogens (tertiary/aromatic N) is 1. The van der Waals surface area contributed by atoms with Crippen LogP contribution in [0.1, 0.15) is 0 Å². The van der Waals surface area contributed by atoms with Crippen molar-refractivity contribution in [2.75, 3.05) is 20.8 Å². The van der Waals surface area contributed by atoms with Gasteiger partial charge in [0.15, 0.2) is 12.4 Å². The van der Waals surface area contributed by atoms with E-state index in [1.807, 2.05) is 7.05 Å². The molecule has 0 spiro atoms. The van der Waals surface area contributed by atoms with Crippen LogP contribution in [0, 0.1) is 0 Å². The Bertz CT molecular complexity index is 188. The fraction of sp³-hybridized carbons (Fsp3) is 0.500. The Morgan fingerprint density at radius 2 is 2.50 bits per heavy atom. The van der Waals surface area contributed by atoms with Crippen molar-refractivity contribution in [3.8, 4) is 0 Å². The minimum atomic E-state index is -0.848. The SMILES string of the molecule is CN1C[NH+](C)C=C1C(=O)O. The van der Waals surface area contributed by atoms with E-state index in [0.29, 0.717) is 5.70 Å². The predicted octanol–water partition coefficient (Wildman–Crippen LogP) is -1.67. The molecule has 1 heterocycles. The number of carboxylic acids is 1. The Balaban J connectivity index is 2.75. The maximum atomic E-state index is 10.4. The van der Waals surface area contributed by atoms with Gasteiger partial charge in [-0.25, -0.2) is 4.79 Å². The van der Waals surface area contributed by atoms with Crippen LogP contribution < -0.4 is 4.90 Å². The topological polar surface area (TPSA) is 45.0 Å². The van der Waals surface area contributed by atoms with Crippen LogP contribution >= 0.6 is 0 Å². The monoisotopic (exact) mass is 143 g/mol. The minimum Gasteiger partial charge on any atom is -0.476 e. The number of rotatable bonds is 1. The zero-order chi connectivity index (χ0) is 7.72. The average Bonchev–Trinajstić information content (AvgIpc) is 2.10. The van der Waals surface area contributed by atoms with Crippen molar-refractivity contribution in [2.24, 2.45) is 0 Å². The molecule has 10 heavy (non-hydrogen) atoms. The zero-order valence-electron chi connectivity index (χ0n) is 6.09. The van der Waals surface area contributed by atoms with Gasteiger partial charge in [0.2, 0.25) is 0 Å². The van der Waals surface area contributed by atoms with Crippen molar-refractivity contribution >= 4 is 5.97 Å². The number of aliphatic carboxylic acids is 1. The third kappa shape index (κ3) is 1.11. The summed E-state index contributed by atoms with van der Waals surface area (Å²) in [6, 6.07) is 0. The van der Waals surface area contributed by atoms with Crippen molar-refractivity contribution in [1.29, 1.82) is 0 Å². The molecule has 0 aromatic rings. The summed E-state index contributed by atoms with van der Waals surface area (Å²) in [4.78, 5) is 13.3. The van der Waals surface area contributed by atoms with Crippen LogP contribution in [0.3, 0.4) is 0 Å². The molecule has 0 radical (unpaired) electrons. The van der Waals surface area contributed by atoms with Crippen molar-refractivity contribution in [1.82, 2.24) is 4.90 Å². The van der Waals surface area contributed by atoms with Crippen molar-refractivity contribution in [3.05, 3.63) is 11.9 Å². The lowest BCUT2D eigenvalue weighted by molar-refractivity contribution is -0.826. The number of carbonyl (C=O) groups is 1. The molecule has 0 saturated carbocycles. The molecular weight excluding hydrogens is 132 g/mol. The Morgan fingerprint density at radius 3 is 2.70 bits per heavy atom. The smallest absolute Gasteiger partial charge is 0.357 e. The van der Waals surface area contributed by atoms with E-state index in [-0.39, 0.29) is 0 Å². The lowest BCUT2D eigenvalue weighted by atomic mass is 10.5. The van der Waals surface area contributed by atoms with Crippen molar-refractivity contribution < 1.29 is 14.8 Å². The fourth-order valence-electron chi connectivity index (χ4n) is 1.07. The van der Waals surface area contributed by atoms with Crippen LogP contribution in [0.4, 0.5) is 0 Å². The lowest BCUT2D eigenvalue weighted by Gasteiger charge is -2.09. The highest BCUT2D eigenvalue weighted by Crippen LogP contribution is 1.99. The van der Waals surface area contributed by atoms with Crippen LogP contribution in [-0.2, 0) is 4.79 Å². The van der Waals surface area contributed by atoms with Gasteiger partial charge in [-0.05, 0) is 0 Å². The summed E-state index contributed by atoms with van der Waals surface area (Å²) in [5.41, 5.74) is 0.387. The zero-order valence-corrected chi connectivity index (χ0v) is 6.09. The van der Waals surface area contributed by atoms with E-state index in [9.17, 15) is 4.79 Å². The molecule has 1 unspecified atom stereocenters. The molecule has 1 aliphatic rings. The molecule has 2 N–H and O–H groups in total. The molecule has 56 valence electrons. The first-order valence-corrected chi connectivity index (χ1v) is 3.10. The maximum absolute atomic E-state index is 10.4. The van der Waals surface area contributed by atoms with Gasteiger partial charge in [0, 0.05) is 7.05 Å². The second-order valence-electron chi connectivity index (χ2n) is 2.54. The molecule has 0 saturated heterocycles. The molecule has 0 aliphatic carbocycles. The second-order valence-corrected chi connectivity index (χ2v) is 2.54. The summed E-state index contributed by atoms with van der Waals surface area (Å²) < 4.78 is 0. The van der Waals surface area contributed by atoms with Crippen LogP contribution in [0.5, 0.6) is 0 Å². The van der Waals surface area contributed by atoms with E-state index < -0.39 is 5.97 Å². The third-order valence-corrected chi connectivity index (χ3v) is 1.50. The van der Waals surface area contributed by atoms with Crippen LogP contribution in [0.15, 0.2) is 11.9 Å². The van der Waals surface area contributed by atoms with Gasteiger partial charge < -0.3 is 10.0 Å². The Morgan fingerprint density at radius 1 is 1.90 bits per heavy atom. The number of likely N-dealkylation sites (N-methyl/N-ethyl adjacent to an activating group) is 1. The summed E-state index contributed by atoms with van der Waals surface area (Å²) in [5.74, 6) is -0.848. The summed E-state index contributed by atoms with van der Waals surface area (Å²) in [6.07, 6.45) is 1.70.